The molecule has 1 saturated carbocycles. The molecule has 1 fully saturated rings. The summed E-state index contributed by atoms with van der Waals surface area (Å²) in [6.45, 7) is 1.85. The first-order valence-electron chi connectivity index (χ1n) is 7.36. The minimum atomic E-state index is -0.167. The largest absolute Gasteiger partial charge is 0.312 e. The van der Waals surface area contributed by atoms with Crippen LogP contribution in [0.5, 0.6) is 0 Å². The molecule has 104 valence electrons. The Morgan fingerprint density at radius 2 is 1.75 bits per heavy atom. The smallest absolute Gasteiger partial charge is 0.123 e. The summed E-state index contributed by atoms with van der Waals surface area (Å²) in [5.74, 6) is 0.630. The molecule has 0 spiro atoms. The van der Waals surface area contributed by atoms with Crippen molar-refractivity contribution >= 4 is 0 Å². The van der Waals surface area contributed by atoms with Gasteiger partial charge in [0.2, 0.25) is 0 Å². The van der Waals surface area contributed by atoms with Gasteiger partial charge in [0, 0.05) is 6.54 Å². The van der Waals surface area contributed by atoms with Gasteiger partial charge in [-0.3, -0.25) is 0 Å². The SMILES string of the molecule is Fc1ccc(CCNCc2ccccc2C2CC2)cc1. The minimum absolute atomic E-state index is 0.167. The van der Waals surface area contributed by atoms with Crippen LogP contribution in [0, 0.1) is 5.82 Å². The first-order valence-corrected chi connectivity index (χ1v) is 7.36. The van der Waals surface area contributed by atoms with Gasteiger partial charge in [-0.1, -0.05) is 36.4 Å². The maximum atomic E-state index is 12.8. The lowest BCUT2D eigenvalue weighted by atomic mass is 10.0. The highest BCUT2D eigenvalue weighted by atomic mass is 19.1. The highest BCUT2D eigenvalue weighted by Crippen LogP contribution is 2.41. The second kappa shape index (κ2) is 6.19. The number of hydrogen-bond acceptors (Lipinski definition) is 1. The molecule has 1 nitrogen and oxygen atoms in total. The fraction of sp³-hybridized carbons (Fsp3) is 0.333. The Kier molecular flexibility index (Phi) is 4.12. The first kappa shape index (κ1) is 13.3. The molecule has 2 aromatic carbocycles. The van der Waals surface area contributed by atoms with Crippen molar-refractivity contribution in [1.82, 2.24) is 5.32 Å². The van der Waals surface area contributed by atoms with Crippen molar-refractivity contribution in [2.24, 2.45) is 0 Å². The number of halogens is 1. The van der Waals surface area contributed by atoms with Gasteiger partial charge < -0.3 is 5.32 Å². The van der Waals surface area contributed by atoms with E-state index in [9.17, 15) is 4.39 Å². The van der Waals surface area contributed by atoms with Crippen molar-refractivity contribution in [1.29, 1.82) is 0 Å². The van der Waals surface area contributed by atoms with Crippen LogP contribution >= 0.6 is 0 Å². The van der Waals surface area contributed by atoms with Gasteiger partial charge in [-0.2, -0.15) is 0 Å². The highest BCUT2D eigenvalue weighted by molar-refractivity contribution is 5.33. The molecule has 20 heavy (non-hydrogen) atoms. The molecule has 1 aliphatic carbocycles. The molecule has 2 heteroatoms. The van der Waals surface area contributed by atoms with E-state index in [4.69, 9.17) is 0 Å². The van der Waals surface area contributed by atoms with Gasteiger partial charge in [0.25, 0.3) is 0 Å². The molecule has 0 radical (unpaired) electrons. The Morgan fingerprint density at radius 3 is 2.50 bits per heavy atom. The average molecular weight is 269 g/mol. The van der Waals surface area contributed by atoms with Gasteiger partial charge in [0.05, 0.1) is 0 Å². The summed E-state index contributed by atoms with van der Waals surface area (Å²) in [4.78, 5) is 0. The molecule has 1 N–H and O–H groups in total. The molecule has 1 aliphatic rings. The summed E-state index contributed by atoms with van der Waals surface area (Å²) in [6, 6.07) is 15.5. The summed E-state index contributed by atoms with van der Waals surface area (Å²) < 4.78 is 12.8. The van der Waals surface area contributed by atoms with Gasteiger partial charge in [-0.25, -0.2) is 4.39 Å². The van der Waals surface area contributed by atoms with E-state index in [1.807, 2.05) is 12.1 Å². The number of rotatable bonds is 6. The quantitative estimate of drug-likeness (QED) is 0.781. The molecule has 0 aromatic heterocycles. The van der Waals surface area contributed by atoms with E-state index in [1.54, 1.807) is 0 Å². The highest BCUT2D eigenvalue weighted by Gasteiger charge is 2.25. The molecular formula is C18H20FN. The lowest BCUT2D eigenvalue weighted by Crippen LogP contribution is -2.17. The summed E-state index contributed by atoms with van der Waals surface area (Å²) in [5.41, 5.74) is 4.12. The molecule has 0 bridgehead atoms. The maximum Gasteiger partial charge on any atom is 0.123 e. The number of benzene rings is 2. The molecule has 0 saturated heterocycles. The predicted octanol–water partition coefficient (Wildman–Crippen LogP) is 4.04. The Hall–Kier alpha value is -1.67. The molecular weight excluding hydrogens is 249 g/mol. The topological polar surface area (TPSA) is 12.0 Å². The van der Waals surface area contributed by atoms with Gasteiger partial charge in [0.1, 0.15) is 5.82 Å². The van der Waals surface area contributed by atoms with Gasteiger partial charge in [0.15, 0.2) is 0 Å². The third-order valence-electron chi connectivity index (χ3n) is 3.89. The van der Waals surface area contributed by atoms with Crippen molar-refractivity contribution in [3.63, 3.8) is 0 Å². The normalized spacial score (nSPS) is 14.4. The Labute approximate surface area is 119 Å². The fourth-order valence-corrected chi connectivity index (χ4v) is 2.59. The van der Waals surface area contributed by atoms with Crippen LogP contribution in [0.15, 0.2) is 48.5 Å². The van der Waals surface area contributed by atoms with Crippen LogP contribution in [0.25, 0.3) is 0 Å². The third-order valence-corrected chi connectivity index (χ3v) is 3.89. The van der Waals surface area contributed by atoms with Crippen LogP contribution in [-0.2, 0) is 13.0 Å². The van der Waals surface area contributed by atoms with Crippen LogP contribution in [-0.4, -0.2) is 6.54 Å². The molecule has 0 atom stereocenters. The number of hydrogen-bond donors (Lipinski definition) is 1. The standard InChI is InChI=1S/C18H20FN/c19-17-9-5-14(6-10-17)11-12-20-13-16-3-1-2-4-18(16)15-7-8-15/h1-6,9-10,15,20H,7-8,11-13H2. The molecule has 0 unspecified atom stereocenters. The van der Waals surface area contributed by atoms with Gasteiger partial charge in [-0.15, -0.1) is 0 Å². The van der Waals surface area contributed by atoms with Gasteiger partial charge in [-0.05, 0) is 60.5 Å². The average Bonchev–Trinajstić information content (AvgIpc) is 3.30. The second-order valence-corrected chi connectivity index (χ2v) is 5.53. The minimum Gasteiger partial charge on any atom is -0.312 e. The van der Waals surface area contributed by atoms with Gasteiger partial charge >= 0.3 is 0 Å². The van der Waals surface area contributed by atoms with Crippen LogP contribution in [0.1, 0.15) is 35.4 Å². The second-order valence-electron chi connectivity index (χ2n) is 5.53. The molecule has 0 amide bonds. The number of nitrogens with one attached hydrogen (secondary N) is 1. The van der Waals surface area contributed by atoms with Crippen LogP contribution in [0.3, 0.4) is 0 Å². The summed E-state index contributed by atoms with van der Waals surface area (Å²) >= 11 is 0. The van der Waals surface area contributed by atoms with Crippen LogP contribution < -0.4 is 5.32 Å². The zero-order chi connectivity index (χ0) is 13.8. The first-order chi connectivity index (χ1) is 9.83. The van der Waals surface area contributed by atoms with Crippen molar-refractivity contribution in [3.05, 3.63) is 71.0 Å². The maximum absolute atomic E-state index is 12.8. The van der Waals surface area contributed by atoms with Crippen molar-refractivity contribution in [3.8, 4) is 0 Å². The van der Waals surface area contributed by atoms with E-state index in [-0.39, 0.29) is 5.82 Å². The van der Waals surface area contributed by atoms with E-state index in [1.165, 1.54) is 41.7 Å². The van der Waals surface area contributed by atoms with E-state index < -0.39 is 0 Å². The molecule has 0 aliphatic heterocycles. The summed E-state index contributed by atoms with van der Waals surface area (Å²) in [5, 5.41) is 3.49. The van der Waals surface area contributed by atoms with E-state index in [2.05, 4.69) is 29.6 Å². The lowest BCUT2D eigenvalue weighted by molar-refractivity contribution is 0.626. The zero-order valence-electron chi connectivity index (χ0n) is 11.6. The van der Waals surface area contributed by atoms with E-state index in [0.717, 1.165) is 25.4 Å². The lowest BCUT2D eigenvalue weighted by Gasteiger charge is -2.10. The predicted molar refractivity (Wildman–Crippen MR) is 80.2 cm³/mol. The Morgan fingerprint density at radius 1 is 1.00 bits per heavy atom. The molecule has 2 aromatic rings. The fourth-order valence-electron chi connectivity index (χ4n) is 2.59. The van der Waals surface area contributed by atoms with Crippen molar-refractivity contribution < 1.29 is 4.39 Å². The Bertz CT molecular complexity index is 558. The van der Waals surface area contributed by atoms with Crippen molar-refractivity contribution in [2.45, 2.75) is 31.7 Å². The van der Waals surface area contributed by atoms with Crippen molar-refractivity contribution in [2.75, 3.05) is 6.54 Å². The Balaban J connectivity index is 1.49. The van der Waals surface area contributed by atoms with Crippen LogP contribution in [0.2, 0.25) is 0 Å². The summed E-state index contributed by atoms with van der Waals surface area (Å²) in [7, 11) is 0. The van der Waals surface area contributed by atoms with E-state index in [0.29, 0.717) is 0 Å². The van der Waals surface area contributed by atoms with Crippen LogP contribution in [0.4, 0.5) is 4.39 Å². The zero-order valence-corrected chi connectivity index (χ0v) is 11.6. The summed E-state index contributed by atoms with van der Waals surface area (Å²) in [6.07, 6.45) is 3.62. The monoisotopic (exact) mass is 269 g/mol. The third kappa shape index (κ3) is 3.45. The molecule has 0 heterocycles. The molecule has 3 rings (SSSR count). The van der Waals surface area contributed by atoms with E-state index >= 15 is 0 Å².